The van der Waals surface area contributed by atoms with Crippen molar-refractivity contribution in [3.8, 4) is 11.6 Å². The number of aromatic nitrogens is 3. The topological polar surface area (TPSA) is 64.4 Å². The van der Waals surface area contributed by atoms with Gasteiger partial charge in [-0.25, -0.2) is 4.98 Å². The molecule has 1 aliphatic rings. The number of aryl methyl sites for hydroxylation is 1. The number of benzene rings is 1. The van der Waals surface area contributed by atoms with E-state index in [2.05, 4.69) is 44.7 Å². The van der Waals surface area contributed by atoms with Crippen molar-refractivity contribution >= 4 is 34.6 Å². The van der Waals surface area contributed by atoms with Gasteiger partial charge >= 0.3 is 0 Å². The fourth-order valence-corrected chi connectivity index (χ4v) is 5.44. The number of thiocarbonyl (C=S) groups is 1. The quantitative estimate of drug-likeness (QED) is 0.229. The zero-order valence-corrected chi connectivity index (χ0v) is 22.5. The largest absolute Gasteiger partial charge is 0.490 e. The summed E-state index contributed by atoms with van der Waals surface area (Å²) in [6.45, 7) is 5.11. The van der Waals surface area contributed by atoms with E-state index in [9.17, 15) is 0 Å². The Kier molecular flexibility index (Phi) is 7.41. The maximum absolute atomic E-state index is 6.64. The lowest BCUT2D eigenvalue weighted by Crippen LogP contribution is -2.29. The highest BCUT2D eigenvalue weighted by Crippen LogP contribution is 2.44. The Labute approximate surface area is 227 Å². The average Bonchev–Trinajstić information content (AvgIpc) is 3.41. The Morgan fingerprint density at radius 3 is 2.46 bits per heavy atom. The molecular formula is C28H28ClN5O2S. The number of pyridine rings is 2. The van der Waals surface area contributed by atoms with Gasteiger partial charge < -0.3 is 24.3 Å². The minimum atomic E-state index is -0.164. The Morgan fingerprint density at radius 2 is 1.78 bits per heavy atom. The third-order valence-corrected chi connectivity index (χ3v) is 7.11. The molecule has 0 unspecified atom stereocenters. The number of nitrogens with one attached hydrogen (secondary N) is 1. The Bertz CT molecular complexity index is 1400. The number of halogens is 1. The standard InChI is InChI=1S/C28H28ClN5O2S/c1-18-16-21(19(2)33(18)25-9-5-7-13-31-25)27-26(23-8-4-6-12-30-23)32-28(37)34(27)20-10-11-24(22(29)17-20)36-15-14-35-3/h4-13,16-17,26-27H,14-15H2,1-3H3,(H,32,37)/t26-,27+/m1/s1. The number of methoxy groups -OCH3 is 1. The van der Waals surface area contributed by atoms with Crippen molar-refractivity contribution in [1.29, 1.82) is 0 Å². The first-order valence-electron chi connectivity index (χ1n) is 12.0. The molecule has 4 heterocycles. The normalized spacial score (nSPS) is 17.2. The van der Waals surface area contributed by atoms with Gasteiger partial charge in [0.2, 0.25) is 0 Å². The second kappa shape index (κ2) is 10.9. The van der Waals surface area contributed by atoms with E-state index in [-0.39, 0.29) is 12.1 Å². The monoisotopic (exact) mass is 533 g/mol. The van der Waals surface area contributed by atoms with Gasteiger partial charge in [-0.15, -0.1) is 0 Å². The van der Waals surface area contributed by atoms with Crippen LogP contribution >= 0.6 is 23.8 Å². The third kappa shape index (κ3) is 4.92. The van der Waals surface area contributed by atoms with Crippen molar-refractivity contribution < 1.29 is 9.47 Å². The van der Waals surface area contributed by atoms with E-state index in [1.165, 1.54) is 0 Å². The van der Waals surface area contributed by atoms with Crippen LogP contribution in [-0.4, -0.2) is 40.0 Å². The van der Waals surface area contributed by atoms with Gasteiger partial charge in [-0.3, -0.25) is 4.98 Å². The smallest absolute Gasteiger partial charge is 0.174 e. The van der Waals surface area contributed by atoms with Gasteiger partial charge in [0.15, 0.2) is 5.11 Å². The van der Waals surface area contributed by atoms with Gasteiger partial charge in [0.05, 0.1) is 29.4 Å². The molecule has 1 N–H and O–H groups in total. The highest BCUT2D eigenvalue weighted by atomic mass is 35.5. The molecule has 190 valence electrons. The molecule has 37 heavy (non-hydrogen) atoms. The number of nitrogens with zero attached hydrogens (tertiary/aromatic N) is 4. The second-order valence-corrected chi connectivity index (χ2v) is 9.60. The number of ether oxygens (including phenoxy) is 2. The zero-order valence-electron chi connectivity index (χ0n) is 20.9. The van der Waals surface area contributed by atoms with E-state index in [1.807, 2.05) is 54.6 Å². The number of anilines is 1. The van der Waals surface area contributed by atoms with Gasteiger partial charge in [0.25, 0.3) is 0 Å². The SMILES string of the molecule is COCCOc1ccc(N2C(=S)N[C@H](c3ccccn3)[C@@H]2c2cc(C)n(-c3ccccn3)c2C)cc1Cl. The van der Waals surface area contributed by atoms with Crippen molar-refractivity contribution in [2.24, 2.45) is 0 Å². The minimum absolute atomic E-state index is 0.164. The molecule has 0 amide bonds. The molecular weight excluding hydrogens is 506 g/mol. The number of hydrogen-bond acceptors (Lipinski definition) is 5. The van der Waals surface area contributed by atoms with Crippen LogP contribution in [0.2, 0.25) is 5.02 Å². The molecule has 1 fully saturated rings. The molecule has 0 bridgehead atoms. The van der Waals surface area contributed by atoms with Crippen molar-refractivity contribution in [2.45, 2.75) is 25.9 Å². The van der Waals surface area contributed by atoms with Gasteiger partial charge in [-0.1, -0.05) is 23.7 Å². The van der Waals surface area contributed by atoms with Crippen molar-refractivity contribution in [3.63, 3.8) is 0 Å². The molecule has 0 radical (unpaired) electrons. The first-order chi connectivity index (χ1) is 18.0. The van der Waals surface area contributed by atoms with Gasteiger partial charge in [0, 0.05) is 36.6 Å². The maximum atomic E-state index is 6.64. The molecule has 2 atom stereocenters. The van der Waals surface area contributed by atoms with E-state index in [0.29, 0.717) is 29.1 Å². The highest BCUT2D eigenvalue weighted by molar-refractivity contribution is 7.80. The molecule has 3 aromatic heterocycles. The summed E-state index contributed by atoms with van der Waals surface area (Å²) in [4.78, 5) is 11.4. The van der Waals surface area contributed by atoms with E-state index in [4.69, 9.17) is 33.3 Å². The zero-order chi connectivity index (χ0) is 25.9. The van der Waals surface area contributed by atoms with Gasteiger partial charge in [-0.2, -0.15) is 0 Å². The van der Waals surface area contributed by atoms with Crippen LogP contribution in [0.15, 0.2) is 73.1 Å². The lowest BCUT2D eigenvalue weighted by molar-refractivity contribution is 0.146. The molecule has 1 aliphatic heterocycles. The summed E-state index contributed by atoms with van der Waals surface area (Å²) in [5.41, 5.74) is 5.08. The van der Waals surface area contributed by atoms with Crippen LogP contribution in [0.5, 0.6) is 5.75 Å². The minimum Gasteiger partial charge on any atom is -0.490 e. The summed E-state index contributed by atoms with van der Waals surface area (Å²) in [6, 6.07) is 19.5. The molecule has 7 nitrogen and oxygen atoms in total. The van der Waals surface area contributed by atoms with Crippen LogP contribution in [0.25, 0.3) is 5.82 Å². The molecule has 1 saturated heterocycles. The third-order valence-electron chi connectivity index (χ3n) is 6.50. The Morgan fingerprint density at radius 1 is 1.00 bits per heavy atom. The lowest BCUT2D eigenvalue weighted by atomic mass is 9.96. The Hall–Kier alpha value is -3.46. The van der Waals surface area contributed by atoms with Crippen LogP contribution in [-0.2, 0) is 4.74 Å². The first kappa shape index (κ1) is 25.2. The summed E-state index contributed by atoms with van der Waals surface area (Å²) in [7, 11) is 1.64. The number of rotatable bonds is 8. The van der Waals surface area contributed by atoms with E-state index >= 15 is 0 Å². The van der Waals surface area contributed by atoms with Crippen LogP contribution in [0.3, 0.4) is 0 Å². The number of hydrogen-bond donors (Lipinski definition) is 1. The first-order valence-corrected chi connectivity index (χ1v) is 12.8. The van der Waals surface area contributed by atoms with Crippen LogP contribution in [0.4, 0.5) is 5.69 Å². The molecule has 9 heteroatoms. The summed E-state index contributed by atoms with van der Waals surface area (Å²) in [5, 5.41) is 4.63. The van der Waals surface area contributed by atoms with E-state index < -0.39 is 0 Å². The second-order valence-electron chi connectivity index (χ2n) is 8.80. The maximum Gasteiger partial charge on any atom is 0.174 e. The predicted octanol–water partition coefficient (Wildman–Crippen LogP) is 5.74. The van der Waals surface area contributed by atoms with Crippen molar-refractivity contribution in [3.05, 3.63) is 101 Å². The van der Waals surface area contributed by atoms with E-state index in [1.54, 1.807) is 19.5 Å². The lowest BCUT2D eigenvalue weighted by Gasteiger charge is -2.28. The van der Waals surface area contributed by atoms with Crippen molar-refractivity contribution in [1.82, 2.24) is 19.9 Å². The van der Waals surface area contributed by atoms with Gasteiger partial charge in [0.1, 0.15) is 18.2 Å². The molecule has 4 aromatic rings. The molecule has 0 aliphatic carbocycles. The summed E-state index contributed by atoms with van der Waals surface area (Å²) in [5.74, 6) is 1.48. The van der Waals surface area contributed by atoms with E-state index in [0.717, 1.165) is 34.2 Å². The fourth-order valence-electron chi connectivity index (χ4n) is 4.87. The highest BCUT2D eigenvalue weighted by Gasteiger charge is 2.42. The molecule has 0 saturated carbocycles. The summed E-state index contributed by atoms with van der Waals surface area (Å²) in [6.07, 6.45) is 3.61. The Balaban J connectivity index is 1.60. The van der Waals surface area contributed by atoms with Gasteiger partial charge in [-0.05, 0) is 80.2 Å². The summed E-state index contributed by atoms with van der Waals surface area (Å²) >= 11 is 12.5. The fraction of sp³-hybridized carbons (Fsp3) is 0.250. The van der Waals surface area contributed by atoms with Crippen LogP contribution in [0, 0.1) is 13.8 Å². The molecule has 5 rings (SSSR count). The van der Waals surface area contributed by atoms with Crippen LogP contribution < -0.4 is 15.0 Å². The summed E-state index contributed by atoms with van der Waals surface area (Å²) < 4.78 is 13.0. The average molecular weight is 534 g/mol. The molecule has 0 spiro atoms. The predicted molar refractivity (Wildman–Crippen MR) is 150 cm³/mol. The van der Waals surface area contributed by atoms with Crippen molar-refractivity contribution in [2.75, 3.05) is 25.2 Å². The van der Waals surface area contributed by atoms with Crippen LogP contribution in [0.1, 0.15) is 34.7 Å². The molecule has 1 aromatic carbocycles.